The highest BCUT2D eigenvalue weighted by atomic mass is 16.5. The molecule has 0 fully saturated rings. The molecule has 5 rings (SSSR count). The van der Waals surface area contributed by atoms with Crippen molar-refractivity contribution in [3.8, 4) is 17.2 Å². The number of benzene rings is 3. The Labute approximate surface area is 189 Å². The molecule has 1 unspecified atom stereocenters. The van der Waals surface area contributed by atoms with Crippen LogP contribution in [0.1, 0.15) is 40.3 Å². The molecule has 3 aromatic rings. The Morgan fingerprint density at radius 3 is 2.78 bits per heavy atom. The van der Waals surface area contributed by atoms with Crippen LogP contribution in [0, 0.1) is 0 Å². The normalized spacial score (nSPS) is 17.3. The molecule has 2 heterocycles. The maximum atomic E-state index is 6.12. The van der Waals surface area contributed by atoms with E-state index in [0.717, 1.165) is 55.2 Å². The first-order valence-electron chi connectivity index (χ1n) is 11.3. The van der Waals surface area contributed by atoms with Gasteiger partial charge in [0.15, 0.2) is 11.5 Å². The second-order valence-corrected chi connectivity index (χ2v) is 8.34. The lowest BCUT2D eigenvalue weighted by Gasteiger charge is -2.26. The second-order valence-electron chi connectivity index (χ2n) is 8.34. The van der Waals surface area contributed by atoms with E-state index in [4.69, 9.17) is 14.2 Å². The average molecular weight is 428 g/mol. The van der Waals surface area contributed by atoms with Crippen LogP contribution in [0.4, 0.5) is 0 Å². The summed E-state index contributed by atoms with van der Waals surface area (Å²) in [5, 5.41) is 3.63. The minimum absolute atomic E-state index is 0.142. The Kier molecular flexibility index (Phi) is 6.13. The minimum Gasteiger partial charge on any atom is -0.493 e. The highest BCUT2D eigenvalue weighted by Crippen LogP contribution is 2.36. The molecule has 164 valence electrons. The number of hydrogen-bond acceptors (Lipinski definition) is 4. The van der Waals surface area contributed by atoms with Crippen molar-refractivity contribution in [2.24, 2.45) is 0 Å². The molecule has 0 spiro atoms. The summed E-state index contributed by atoms with van der Waals surface area (Å²) >= 11 is 0. The summed E-state index contributed by atoms with van der Waals surface area (Å²) in [5.74, 6) is 2.60. The molecule has 4 nitrogen and oxygen atoms in total. The van der Waals surface area contributed by atoms with Crippen molar-refractivity contribution in [2.75, 3.05) is 20.3 Å². The number of methoxy groups -OCH3 is 1. The van der Waals surface area contributed by atoms with E-state index >= 15 is 0 Å². The fourth-order valence-electron chi connectivity index (χ4n) is 4.47. The van der Waals surface area contributed by atoms with Crippen molar-refractivity contribution in [1.29, 1.82) is 0 Å². The third kappa shape index (κ3) is 4.51. The smallest absolute Gasteiger partial charge is 0.161 e. The van der Waals surface area contributed by atoms with Gasteiger partial charge in [0.2, 0.25) is 0 Å². The lowest BCUT2D eigenvalue weighted by molar-refractivity contribution is 0.283. The van der Waals surface area contributed by atoms with E-state index < -0.39 is 0 Å². The van der Waals surface area contributed by atoms with Crippen molar-refractivity contribution >= 4 is 6.08 Å². The summed E-state index contributed by atoms with van der Waals surface area (Å²) in [6.07, 6.45) is 7.60. The molecule has 1 atom stereocenters. The molecule has 0 aromatic heterocycles. The molecule has 32 heavy (non-hydrogen) atoms. The molecule has 4 heteroatoms. The first-order valence-corrected chi connectivity index (χ1v) is 11.3. The number of aryl methyl sites for hydroxylation is 1. The largest absolute Gasteiger partial charge is 0.493 e. The van der Waals surface area contributed by atoms with Crippen molar-refractivity contribution in [1.82, 2.24) is 5.32 Å². The summed E-state index contributed by atoms with van der Waals surface area (Å²) in [5.41, 5.74) is 6.21. The monoisotopic (exact) mass is 427 g/mol. The second kappa shape index (κ2) is 9.49. The Hall–Kier alpha value is -3.24. The van der Waals surface area contributed by atoms with Gasteiger partial charge < -0.3 is 19.5 Å². The first-order chi connectivity index (χ1) is 15.8. The van der Waals surface area contributed by atoms with Crippen LogP contribution in [0.25, 0.3) is 6.08 Å². The van der Waals surface area contributed by atoms with E-state index in [2.05, 4.69) is 59.9 Å². The Bertz CT molecular complexity index is 1110. The summed E-state index contributed by atoms with van der Waals surface area (Å²) < 4.78 is 17.5. The van der Waals surface area contributed by atoms with Crippen LogP contribution in [0.3, 0.4) is 0 Å². The number of rotatable bonds is 6. The van der Waals surface area contributed by atoms with Crippen LogP contribution in [0.5, 0.6) is 17.2 Å². The van der Waals surface area contributed by atoms with Crippen molar-refractivity contribution in [3.05, 3.63) is 94.6 Å². The van der Waals surface area contributed by atoms with Gasteiger partial charge in [0, 0.05) is 6.54 Å². The lowest BCUT2D eigenvalue weighted by Crippen LogP contribution is -2.28. The summed E-state index contributed by atoms with van der Waals surface area (Å²) in [7, 11) is 1.70. The maximum Gasteiger partial charge on any atom is 0.161 e. The Balaban J connectivity index is 1.36. The zero-order valence-electron chi connectivity index (χ0n) is 18.5. The van der Waals surface area contributed by atoms with E-state index in [1.165, 1.54) is 22.3 Å². The summed E-state index contributed by atoms with van der Waals surface area (Å²) in [4.78, 5) is 0. The topological polar surface area (TPSA) is 39.7 Å². The third-order valence-electron chi connectivity index (χ3n) is 6.17. The third-order valence-corrected chi connectivity index (χ3v) is 6.17. The number of ether oxygens (including phenoxy) is 3. The van der Waals surface area contributed by atoms with Gasteiger partial charge in [0.25, 0.3) is 0 Å². The molecule has 0 saturated carbocycles. The lowest BCUT2D eigenvalue weighted by atomic mass is 9.92. The van der Waals surface area contributed by atoms with E-state index in [1.54, 1.807) is 7.11 Å². The fraction of sp³-hybridized carbons (Fsp3) is 0.286. The van der Waals surface area contributed by atoms with Gasteiger partial charge in [0.1, 0.15) is 12.4 Å². The SMILES string of the molecule is COc1cc2c(cc1OCc1ccccc1)CCNC2C=Cc1ccc2c(c1)CCCO2. The van der Waals surface area contributed by atoms with E-state index in [-0.39, 0.29) is 6.04 Å². The molecule has 1 N–H and O–H groups in total. The van der Waals surface area contributed by atoms with E-state index in [9.17, 15) is 0 Å². The van der Waals surface area contributed by atoms with Gasteiger partial charge in [-0.3, -0.25) is 0 Å². The van der Waals surface area contributed by atoms with E-state index in [1.807, 2.05) is 18.2 Å². The van der Waals surface area contributed by atoms with Crippen LogP contribution in [0.2, 0.25) is 0 Å². The van der Waals surface area contributed by atoms with Gasteiger partial charge in [0.05, 0.1) is 19.8 Å². The van der Waals surface area contributed by atoms with E-state index in [0.29, 0.717) is 6.61 Å². The first kappa shape index (κ1) is 20.7. The van der Waals surface area contributed by atoms with Crippen molar-refractivity contribution in [2.45, 2.75) is 31.9 Å². The van der Waals surface area contributed by atoms with Crippen molar-refractivity contribution in [3.63, 3.8) is 0 Å². The van der Waals surface area contributed by atoms with Crippen LogP contribution in [0.15, 0.2) is 66.7 Å². The van der Waals surface area contributed by atoms with Gasteiger partial charge >= 0.3 is 0 Å². The molecule has 3 aromatic carbocycles. The summed E-state index contributed by atoms with van der Waals surface area (Å²) in [6.45, 7) is 2.29. The standard InChI is InChI=1S/C28H29NO3/c1-30-27-18-24-22(17-28(27)32-19-21-6-3-2-4-7-21)13-14-29-25(24)11-9-20-10-12-26-23(16-20)8-5-15-31-26/h2-4,6-7,9-12,16-18,25,29H,5,8,13-15,19H2,1H3. The molecule has 2 aliphatic heterocycles. The minimum atomic E-state index is 0.142. The van der Waals surface area contributed by atoms with Gasteiger partial charge in [-0.25, -0.2) is 0 Å². The molecule has 0 bridgehead atoms. The number of fused-ring (bicyclic) bond motifs is 2. The Morgan fingerprint density at radius 1 is 1.00 bits per heavy atom. The fourth-order valence-corrected chi connectivity index (χ4v) is 4.47. The average Bonchev–Trinajstić information content (AvgIpc) is 2.86. The van der Waals surface area contributed by atoms with Gasteiger partial charge in [-0.05, 0) is 71.3 Å². The molecule has 0 amide bonds. The number of hydrogen-bond donors (Lipinski definition) is 1. The van der Waals surface area contributed by atoms with Gasteiger partial charge in [-0.2, -0.15) is 0 Å². The zero-order valence-corrected chi connectivity index (χ0v) is 18.5. The predicted molar refractivity (Wildman–Crippen MR) is 128 cm³/mol. The van der Waals surface area contributed by atoms with Gasteiger partial charge in [-0.15, -0.1) is 0 Å². The quantitative estimate of drug-likeness (QED) is 0.564. The van der Waals surface area contributed by atoms with Crippen LogP contribution < -0.4 is 19.5 Å². The maximum absolute atomic E-state index is 6.12. The molecule has 2 aliphatic rings. The summed E-state index contributed by atoms with van der Waals surface area (Å²) in [6, 6.07) is 21.1. The predicted octanol–water partition coefficient (Wildman–Crippen LogP) is 5.50. The van der Waals surface area contributed by atoms with Crippen molar-refractivity contribution < 1.29 is 14.2 Å². The Morgan fingerprint density at radius 2 is 1.91 bits per heavy atom. The van der Waals surface area contributed by atoms with Crippen LogP contribution in [-0.2, 0) is 19.4 Å². The zero-order chi connectivity index (χ0) is 21.8. The molecular weight excluding hydrogens is 398 g/mol. The molecule has 0 radical (unpaired) electrons. The molecule has 0 aliphatic carbocycles. The molecular formula is C28H29NO3. The van der Waals surface area contributed by atoms with Gasteiger partial charge in [-0.1, -0.05) is 48.6 Å². The number of nitrogens with one attached hydrogen (secondary N) is 1. The molecule has 0 saturated heterocycles. The highest BCUT2D eigenvalue weighted by Gasteiger charge is 2.21. The highest BCUT2D eigenvalue weighted by molar-refractivity contribution is 5.57. The van der Waals surface area contributed by atoms with Crippen LogP contribution >= 0.6 is 0 Å². The van der Waals surface area contributed by atoms with Crippen LogP contribution in [-0.4, -0.2) is 20.3 Å².